The molecule has 20 heavy (non-hydrogen) atoms. The first kappa shape index (κ1) is 11.2. The van der Waals surface area contributed by atoms with E-state index in [1.54, 1.807) is 0 Å². The van der Waals surface area contributed by atoms with Gasteiger partial charge in [0, 0.05) is 17.4 Å². The largest absolute Gasteiger partial charge is 0.507 e. The third kappa shape index (κ3) is 1.62. The van der Waals surface area contributed by atoms with Gasteiger partial charge in [0.25, 0.3) is 0 Å². The monoisotopic (exact) mass is 259 g/mol. The lowest BCUT2D eigenvalue weighted by molar-refractivity contribution is 0.480. The molecular weight excluding hydrogens is 246 g/mol. The highest BCUT2D eigenvalue weighted by Gasteiger charge is 2.18. The summed E-state index contributed by atoms with van der Waals surface area (Å²) in [7, 11) is 0. The van der Waals surface area contributed by atoms with Crippen LogP contribution in [0.5, 0.6) is 5.75 Å². The van der Waals surface area contributed by atoms with Crippen molar-refractivity contribution in [1.82, 2.24) is 0 Å². The summed E-state index contributed by atoms with van der Waals surface area (Å²) in [5, 5.41) is 12.4. The molecule has 0 atom stereocenters. The molecule has 1 aliphatic rings. The van der Waals surface area contributed by atoms with E-state index in [4.69, 9.17) is 0 Å². The van der Waals surface area contributed by atoms with Gasteiger partial charge < -0.3 is 5.11 Å². The van der Waals surface area contributed by atoms with Gasteiger partial charge in [-0.2, -0.15) is 0 Å². The number of rotatable bonds is 1. The lowest BCUT2D eigenvalue weighted by Crippen LogP contribution is -2.00. The van der Waals surface area contributed by atoms with Crippen LogP contribution in [-0.2, 0) is 6.42 Å². The fraction of sp³-hybridized carbons (Fsp3) is 0.0556. The standard InChI is InChI=1S/C18H13NO/c20-18-14-7-3-1-5-12(14)9-10-15(18)17-11-13-6-2-4-8-16(13)19-17/h1-10,20H,11H2. The molecule has 0 amide bonds. The molecule has 0 bridgehead atoms. The highest BCUT2D eigenvalue weighted by atomic mass is 16.3. The Balaban J connectivity index is 1.87. The summed E-state index contributed by atoms with van der Waals surface area (Å²) in [4.78, 5) is 4.65. The number of phenols is 1. The van der Waals surface area contributed by atoms with Crippen LogP contribution in [0.25, 0.3) is 10.8 Å². The number of fused-ring (bicyclic) bond motifs is 2. The van der Waals surface area contributed by atoms with E-state index < -0.39 is 0 Å². The van der Waals surface area contributed by atoms with Crippen molar-refractivity contribution >= 4 is 22.2 Å². The summed E-state index contributed by atoms with van der Waals surface area (Å²) < 4.78 is 0. The van der Waals surface area contributed by atoms with Gasteiger partial charge in [0.2, 0.25) is 0 Å². The Morgan fingerprint density at radius 2 is 1.65 bits per heavy atom. The molecule has 0 fully saturated rings. The van der Waals surface area contributed by atoms with Crippen molar-refractivity contribution in [2.45, 2.75) is 6.42 Å². The van der Waals surface area contributed by atoms with Gasteiger partial charge in [0.1, 0.15) is 5.75 Å². The summed E-state index contributed by atoms with van der Waals surface area (Å²) in [6, 6.07) is 20.0. The molecule has 3 aromatic rings. The fourth-order valence-electron chi connectivity index (χ4n) is 2.78. The van der Waals surface area contributed by atoms with Crippen molar-refractivity contribution in [2.75, 3.05) is 0 Å². The van der Waals surface area contributed by atoms with Crippen LogP contribution in [0.4, 0.5) is 5.69 Å². The number of hydrogen-bond acceptors (Lipinski definition) is 2. The van der Waals surface area contributed by atoms with E-state index in [-0.39, 0.29) is 0 Å². The molecule has 1 N–H and O–H groups in total. The molecule has 0 unspecified atom stereocenters. The minimum atomic E-state index is 0.328. The van der Waals surface area contributed by atoms with Crippen LogP contribution in [0.3, 0.4) is 0 Å². The molecule has 0 saturated carbocycles. The van der Waals surface area contributed by atoms with E-state index in [0.29, 0.717) is 5.75 Å². The van der Waals surface area contributed by atoms with Crippen molar-refractivity contribution in [3.8, 4) is 5.75 Å². The van der Waals surface area contributed by atoms with E-state index >= 15 is 0 Å². The van der Waals surface area contributed by atoms with Gasteiger partial charge >= 0.3 is 0 Å². The topological polar surface area (TPSA) is 32.6 Å². The van der Waals surface area contributed by atoms with Crippen LogP contribution in [0.15, 0.2) is 65.7 Å². The maximum atomic E-state index is 10.5. The summed E-state index contributed by atoms with van der Waals surface area (Å²) in [6.07, 6.45) is 0.780. The van der Waals surface area contributed by atoms with Gasteiger partial charge in [0.05, 0.1) is 11.4 Å². The van der Waals surface area contributed by atoms with Gasteiger partial charge in [-0.05, 0) is 23.1 Å². The highest BCUT2D eigenvalue weighted by Crippen LogP contribution is 2.34. The van der Waals surface area contributed by atoms with Gasteiger partial charge in [-0.1, -0.05) is 48.5 Å². The highest BCUT2D eigenvalue weighted by molar-refractivity contribution is 6.11. The lowest BCUT2D eigenvalue weighted by Gasteiger charge is -2.07. The third-order valence-electron chi connectivity index (χ3n) is 3.82. The zero-order valence-electron chi connectivity index (χ0n) is 10.9. The molecular formula is C18H13NO. The second kappa shape index (κ2) is 4.20. The molecule has 96 valence electrons. The maximum Gasteiger partial charge on any atom is 0.132 e. The molecule has 2 nitrogen and oxygen atoms in total. The van der Waals surface area contributed by atoms with Crippen LogP contribution in [-0.4, -0.2) is 10.8 Å². The molecule has 1 aliphatic heterocycles. The second-order valence-electron chi connectivity index (χ2n) is 5.05. The Bertz CT molecular complexity index is 849. The summed E-state index contributed by atoms with van der Waals surface area (Å²) in [6.45, 7) is 0. The molecule has 2 heteroatoms. The number of aliphatic imine (C=N–C) groups is 1. The Morgan fingerprint density at radius 1 is 0.850 bits per heavy atom. The van der Waals surface area contributed by atoms with Crippen LogP contribution < -0.4 is 0 Å². The van der Waals surface area contributed by atoms with E-state index in [2.05, 4.69) is 11.1 Å². The molecule has 0 radical (unpaired) electrons. The zero-order valence-corrected chi connectivity index (χ0v) is 10.9. The van der Waals surface area contributed by atoms with Crippen molar-refractivity contribution in [3.05, 3.63) is 71.8 Å². The summed E-state index contributed by atoms with van der Waals surface area (Å²) in [5.41, 5.74) is 4.00. The minimum Gasteiger partial charge on any atom is -0.507 e. The van der Waals surface area contributed by atoms with E-state index in [1.807, 2.05) is 54.6 Å². The molecule has 0 saturated heterocycles. The number of phenolic OH excluding ortho intramolecular Hbond substituents is 1. The quantitative estimate of drug-likeness (QED) is 0.697. The van der Waals surface area contributed by atoms with Crippen LogP contribution in [0.1, 0.15) is 11.1 Å². The average molecular weight is 259 g/mol. The first-order valence-corrected chi connectivity index (χ1v) is 6.69. The number of aromatic hydroxyl groups is 1. The maximum absolute atomic E-state index is 10.5. The van der Waals surface area contributed by atoms with Crippen LogP contribution >= 0.6 is 0 Å². The third-order valence-corrected chi connectivity index (χ3v) is 3.82. The number of para-hydroxylation sites is 1. The smallest absolute Gasteiger partial charge is 0.132 e. The predicted octanol–water partition coefficient (Wildman–Crippen LogP) is 4.22. The zero-order chi connectivity index (χ0) is 13.5. The van der Waals surface area contributed by atoms with E-state index in [1.165, 1.54) is 5.56 Å². The van der Waals surface area contributed by atoms with E-state index in [0.717, 1.165) is 34.2 Å². The molecule has 4 rings (SSSR count). The van der Waals surface area contributed by atoms with Gasteiger partial charge in [0.15, 0.2) is 0 Å². The normalized spacial score (nSPS) is 13.3. The minimum absolute atomic E-state index is 0.328. The average Bonchev–Trinajstić information content (AvgIpc) is 2.91. The molecule has 1 heterocycles. The van der Waals surface area contributed by atoms with Crippen LogP contribution in [0.2, 0.25) is 0 Å². The fourth-order valence-corrected chi connectivity index (χ4v) is 2.78. The van der Waals surface area contributed by atoms with E-state index in [9.17, 15) is 5.11 Å². The lowest BCUT2D eigenvalue weighted by atomic mass is 9.99. The summed E-state index contributed by atoms with van der Waals surface area (Å²) in [5.74, 6) is 0.328. The number of nitrogens with zero attached hydrogens (tertiary/aromatic N) is 1. The molecule has 3 aromatic carbocycles. The second-order valence-corrected chi connectivity index (χ2v) is 5.05. The molecule has 0 spiro atoms. The van der Waals surface area contributed by atoms with Gasteiger partial charge in [-0.3, -0.25) is 4.99 Å². The first-order valence-electron chi connectivity index (χ1n) is 6.69. The molecule has 0 aromatic heterocycles. The Morgan fingerprint density at radius 3 is 2.55 bits per heavy atom. The van der Waals surface area contributed by atoms with Crippen molar-refractivity contribution in [3.63, 3.8) is 0 Å². The summed E-state index contributed by atoms with van der Waals surface area (Å²) >= 11 is 0. The Kier molecular flexibility index (Phi) is 2.36. The Hall–Kier alpha value is -2.61. The van der Waals surface area contributed by atoms with Crippen molar-refractivity contribution in [2.24, 2.45) is 4.99 Å². The van der Waals surface area contributed by atoms with Crippen molar-refractivity contribution in [1.29, 1.82) is 0 Å². The predicted molar refractivity (Wildman–Crippen MR) is 82.0 cm³/mol. The van der Waals surface area contributed by atoms with Crippen LogP contribution in [0, 0.1) is 0 Å². The number of benzene rings is 3. The first-order chi connectivity index (χ1) is 9.83. The number of hydrogen-bond donors (Lipinski definition) is 1. The Labute approximate surface area is 117 Å². The molecule has 0 aliphatic carbocycles. The van der Waals surface area contributed by atoms with Gasteiger partial charge in [-0.15, -0.1) is 0 Å². The SMILES string of the molecule is Oc1c(C2=Nc3ccccc3C2)ccc2ccccc12. The van der Waals surface area contributed by atoms with Gasteiger partial charge in [-0.25, -0.2) is 0 Å². The van der Waals surface area contributed by atoms with Crippen molar-refractivity contribution < 1.29 is 5.11 Å².